The Bertz CT molecular complexity index is 1150. The molecule has 2 N–H and O–H groups in total. The van der Waals surface area contributed by atoms with Crippen LogP contribution in [0.3, 0.4) is 0 Å². The van der Waals surface area contributed by atoms with Crippen LogP contribution in [0.5, 0.6) is 0 Å². The third kappa shape index (κ3) is 6.97. The van der Waals surface area contributed by atoms with Crippen LogP contribution in [0.2, 0.25) is 0 Å². The number of pyridine rings is 1. The van der Waals surface area contributed by atoms with Gasteiger partial charge in [-0.3, -0.25) is 9.69 Å². The first kappa shape index (κ1) is 28.0. The lowest BCUT2D eigenvalue weighted by Gasteiger charge is -2.36. The molecule has 8 heteroatoms. The zero-order chi connectivity index (χ0) is 27.4. The van der Waals surface area contributed by atoms with Crippen LogP contribution in [-0.2, 0) is 27.1 Å². The van der Waals surface area contributed by atoms with E-state index in [1.54, 1.807) is 6.07 Å². The topological polar surface area (TPSA) is 83.9 Å². The number of likely N-dealkylation sites (tertiary alicyclic amines) is 1. The number of aromatic nitrogens is 1. The van der Waals surface area contributed by atoms with Crippen molar-refractivity contribution < 1.29 is 23.8 Å². The van der Waals surface area contributed by atoms with E-state index in [9.17, 15) is 14.3 Å². The maximum absolute atomic E-state index is 14.4. The van der Waals surface area contributed by atoms with Crippen molar-refractivity contribution in [2.45, 2.75) is 83.5 Å². The lowest BCUT2D eigenvalue weighted by atomic mass is 9.82. The zero-order valence-electron chi connectivity index (χ0n) is 23.3. The predicted molar refractivity (Wildman–Crippen MR) is 148 cm³/mol. The van der Waals surface area contributed by atoms with Crippen LogP contribution < -0.4 is 5.32 Å². The van der Waals surface area contributed by atoms with Gasteiger partial charge >= 0.3 is 5.97 Å². The standard InChI is InChI=1S/C31H42FN3O4/c1-31(2)14-12-27(39-20-31)25-11-9-22(32)18-26(25)28(30(36)37)35-16-13-24(19-35)38-17-4-3-7-23-10-8-21-6-5-15-33-29(21)34-23/h8-11,18,24,27-28H,3-7,12-17,19-20H2,1-2H3,(H,33,34)(H,36,37)/t24-,27?,28+/m1/s1. The summed E-state index contributed by atoms with van der Waals surface area (Å²) in [4.78, 5) is 19.2. The molecule has 0 amide bonds. The Labute approximate surface area is 231 Å². The van der Waals surface area contributed by atoms with Gasteiger partial charge in [0.05, 0.1) is 18.8 Å². The van der Waals surface area contributed by atoms with E-state index >= 15 is 0 Å². The van der Waals surface area contributed by atoms with Gasteiger partial charge in [0.15, 0.2) is 0 Å². The third-order valence-electron chi connectivity index (χ3n) is 8.36. The molecule has 7 nitrogen and oxygen atoms in total. The van der Waals surface area contributed by atoms with Gasteiger partial charge in [0.2, 0.25) is 0 Å². The van der Waals surface area contributed by atoms with Gasteiger partial charge in [-0.2, -0.15) is 0 Å². The molecule has 0 bridgehead atoms. The van der Waals surface area contributed by atoms with Crippen molar-refractivity contribution in [2.75, 3.05) is 38.2 Å². The minimum absolute atomic E-state index is 0.0262. The summed E-state index contributed by atoms with van der Waals surface area (Å²) in [5.74, 6) is -0.354. The van der Waals surface area contributed by atoms with Gasteiger partial charge in [-0.25, -0.2) is 9.37 Å². The summed E-state index contributed by atoms with van der Waals surface area (Å²) in [6.45, 7) is 7.68. The van der Waals surface area contributed by atoms with Crippen LogP contribution in [0.4, 0.5) is 10.2 Å². The molecule has 1 aromatic heterocycles. The molecule has 0 spiro atoms. The molecule has 212 valence electrons. The highest BCUT2D eigenvalue weighted by Gasteiger charge is 2.38. The Balaban J connectivity index is 1.14. The number of benzene rings is 1. The number of fused-ring (bicyclic) bond motifs is 1. The maximum Gasteiger partial charge on any atom is 0.325 e. The van der Waals surface area contributed by atoms with Gasteiger partial charge in [-0.15, -0.1) is 0 Å². The number of aryl methyl sites for hydroxylation is 2. The molecule has 39 heavy (non-hydrogen) atoms. The highest BCUT2D eigenvalue weighted by atomic mass is 19.1. The van der Waals surface area contributed by atoms with Gasteiger partial charge in [0, 0.05) is 31.9 Å². The molecular weight excluding hydrogens is 497 g/mol. The molecule has 4 heterocycles. The number of ether oxygens (including phenoxy) is 2. The predicted octanol–water partition coefficient (Wildman–Crippen LogP) is 5.70. The molecule has 0 radical (unpaired) electrons. The van der Waals surface area contributed by atoms with E-state index in [4.69, 9.17) is 14.5 Å². The molecule has 3 atom stereocenters. The number of carbonyl (C=O) groups is 1. The number of nitrogens with one attached hydrogen (secondary N) is 1. The normalized spacial score (nSPS) is 23.7. The van der Waals surface area contributed by atoms with E-state index < -0.39 is 17.8 Å². The fourth-order valence-electron chi connectivity index (χ4n) is 6.10. The molecule has 2 aromatic rings. The zero-order valence-corrected chi connectivity index (χ0v) is 23.3. The molecule has 3 aliphatic rings. The lowest BCUT2D eigenvalue weighted by molar-refractivity contribution is -0.143. The quantitative estimate of drug-likeness (QED) is 0.375. The highest BCUT2D eigenvalue weighted by Crippen LogP contribution is 2.41. The van der Waals surface area contributed by atoms with E-state index in [1.165, 1.54) is 17.7 Å². The molecule has 0 saturated carbocycles. The number of carboxylic acid groups (broad SMARTS) is 1. The Morgan fingerprint density at radius 1 is 1.28 bits per heavy atom. The number of carboxylic acids is 1. The summed E-state index contributed by atoms with van der Waals surface area (Å²) < 4.78 is 26.7. The number of halogens is 1. The summed E-state index contributed by atoms with van der Waals surface area (Å²) in [6.07, 6.45) is 7.38. The number of anilines is 1. The second-order valence-electron chi connectivity index (χ2n) is 12.1. The van der Waals surface area contributed by atoms with Crippen molar-refractivity contribution in [1.82, 2.24) is 9.88 Å². The number of nitrogens with zero attached hydrogens (tertiary/aromatic N) is 2. The van der Waals surface area contributed by atoms with Crippen LogP contribution in [-0.4, -0.2) is 59.9 Å². The smallest absolute Gasteiger partial charge is 0.325 e. The van der Waals surface area contributed by atoms with E-state index in [1.807, 2.05) is 4.90 Å². The van der Waals surface area contributed by atoms with Gasteiger partial charge < -0.3 is 19.9 Å². The summed E-state index contributed by atoms with van der Waals surface area (Å²) in [5, 5.41) is 13.6. The van der Waals surface area contributed by atoms with Crippen molar-refractivity contribution in [3.8, 4) is 0 Å². The van der Waals surface area contributed by atoms with Gasteiger partial charge in [0.25, 0.3) is 0 Å². The van der Waals surface area contributed by atoms with Crippen molar-refractivity contribution >= 4 is 11.8 Å². The van der Waals surface area contributed by atoms with Crippen molar-refractivity contribution in [1.29, 1.82) is 0 Å². The maximum atomic E-state index is 14.4. The fourth-order valence-corrected chi connectivity index (χ4v) is 6.10. The van der Waals surface area contributed by atoms with Crippen LogP contribution in [0.15, 0.2) is 30.3 Å². The van der Waals surface area contributed by atoms with Gasteiger partial charge in [0.1, 0.15) is 17.7 Å². The van der Waals surface area contributed by atoms with E-state index in [-0.39, 0.29) is 17.6 Å². The second kappa shape index (κ2) is 12.3. The van der Waals surface area contributed by atoms with E-state index in [0.29, 0.717) is 31.9 Å². The number of unbranched alkanes of at least 4 members (excludes halogenated alkanes) is 1. The molecule has 2 saturated heterocycles. The fraction of sp³-hybridized carbons (Fsp3) is 0.613. The molecule has 1 aromatic carbocycles. The molecule has 1 unspecified atom stereocenters. The molecule has 5 rings (SSSR count). The number of rotatable bonds is 10. The summed E-state index contributed by atoms with van der Waals surface area (Å²) in [6, 6.07) is 7.90. The molecule has 2 fully saturated rings. The Kier molecular flexibility index (Phi) is 8.84. The van der Waals surface area contributed by atoms with Crippen molar-refractivity contribution in [3.63, 3.8) is 0 Å². The minimum atomic E-state index is -0.967. The Hall–Kier alpha value is -2.55. The lowest BCUT2D eigenvalue weighted by Crippen LogP contribution is -2.35. The minimum Gasteiger partial charge on any atom is -0.480 e. The van der Waals surface area contributed by atoms with Crippen LogP contribution in [0, 0.1) is 11.2 Å². The first-order valence-corrected chi connectivity index (χ1v) is 14.5. The third-order valence-corrected chi connectivity index (χ3v) is 8.36. The first-order valence-electron chi connectivity index (χ1n) is 14.5. The van der Waals surface area contributed by atoms with Crippen molar-refractivity contribution in [2.24, 2.45) is 5.41 Å². The highest BCUT2D eigenvalue weighted by molar-refractivity contribution is 5.76. The van der Waals surface area contributed by atoms with Crippen LogP contribution >= 0.6 is 0 Å². The van der Waals surface area contributed by atoms with Crippen LogP contribution in [0.1, 0.15) is 86.9 Å². The van der Waals surface area contributed by atoms with E-state index in [2.05, 4.69) is 31.3 Å². The Morgan fingerprint density at radius 3 is 2.95 bits per heavy atom. The summed E-state index contributed by atoms with van der Waals surface area (Å²) in [5.41, 5.74) is 3.79. The summed E-state index contributed by atoms with van der Waals surface area (Å²) in [7, 11) is 0. The molecular formula is C31H42FN3O4. The monoisotopic (exact) mass is 539 g/mol. The second-order valence-corrected chi connectivity index (χ2v) is 12.1. The van der Waals surface area contributed by atoms with Crippen LogP contribution in [0.25, 0.3) is 0 Å². The number of hydrogen-bond acceptors (Lipinski definition) is 6. The average molecular weight is 540 g/mol. The largest absolute Gasteiger partial charge is 0.480 e. The number of hydrogen-bond donors (Lipinski definition) is 2. The molecule has 3 aliphatic heterocycles. The molecule has 0 aliphatic carbocycles. The summed E-state index contributed by atoms with van der Waals surface area (Å²) >= 11 is 0. The van der Waals surface area contributed by atoms with Gasteiger partial charge in [-0.1, -0.05) is 26.0 Å². The Morgan fingerprint density at radius 2 is 2.15 bits per heavy atom. The van der Waals surface area contributed by atoms with Gasteiger partial charge in [-0.05, 0) is 91.7 Å². The number of aliphatic carboxylic acids is 1. The first-order chi connectivity index (χ1) is 18.8. The van der Waals surface area contributed by atoms with E-state index in [0.717, 1.165) is 75.0 Å². The average Bonchev–Trinajstić information content (AvgIpc) is 3.37. The SMILES string of the molecule is CC1(C)CCC(c2ccc(F)cc2[C@@H](C(=O)O)N2CC[C@@H](OCCCCc3ccc4c(n3)NCCC4)C2)OC1. The van der Waals surface area contributed by atoms with Crippen molar-refractivity contribution in [3.05, 3.63) is 58.5 Å².